The van der Waals surface area contributed by atoms with E-state index in [2.05, 4.69) is 49.9 Å². The lowest BCUT2D eigenvalue weighted by atomic mass is 9.89. The Hall–Kier alpha value is -5.72. The fraction of sp³-hybridized carbons (Fsp3) is 0.349. The van der Waals surface area contributed by atoms with Gasteiger partial charge in [-0.25, -0.2) is 9.97 Å². The Morgan fingerprint density at radius 1 is 0.745 bits per heavy atom. The second-order valence-corrected chi connectivity index (χ2v) is 15.1. The highest BCUT2D eigenvalue weighted by Crippen LogP contribution is 2.39. The van der Waals surface area contributed by atoms with Crippen molar-refractivity contribution in [2.24, 2.45) is 0 Å². The first-order valence-electron chi connectivity index (χ1n) is 19.3. The number of fused-ring (bicyclic) bond motifs is 2. The van der Waals surface area contributed by atoms with Gasteiger partial charge in [-0.15, -0.1) is 0 Å². The lowest BCUT2D eigenvalue weighted by Gasteiger charge is -2.42. The van der Waals surface area contributed by atoms with Crippen LogP contribution < -0.4 is 10.1 Å². The number of aromatic nitrogens is 3. The van der Waals surface area contributed by atoms with Crippen molar-refractivity contribution >= 4 is 34.7 Å². The number of para-hydroxylation sites is 1. The van der Waals surface area contributed by atoms with Crippen LogP contribution >= 0.6 is 0 Å². The van der Waals surface area contributed by atoms with Crippen LogP contribution in [-0.2, 0) is 16.1 Å². The second kappa shape index (κ2) is 14.5. The predicted octanol–water partition coefficient (Wildman–Crippen LogP) is 5.90. The van der Waals surface area contributed by atoms with E-state index in [0.29, 0.717) is 29.8 Å². The molecule has 4 amide bonds. The molecule has 1 N–H and O–H groups in total. The number of nitrogens with one attached hydrogen (secondary N) is 1. The second-order valence-electron chi connectivity index (χ2n) is 15.1. The molecule has 0 bridgehead atoms. The van der Waals surface area contributed by atoms with Gasteiger partial charge in [0, 0.05) is 68.4 Å². The van der Waals surface area contributed by atoms with Gasteiger partial charge in [0.1, 0.15) is 29.5 Å². The zero-order valence-corrected chi connectivity index (χ0v) is 30.8. The fourth-order valence-electron chi connectivity index (χ4n) is 9.01. The number of imide groups is 2. The standard InChI is InChI=1S/C43H43N7O5/c1-27-38-35(28-10-16-33(17-11-28)55-32-7-3-2-4-8-32)25-49(40(38)45-26-44-27)31-14-12-30(13-15-31)48-22-20-47(21-23-48)24-29-6-5-9-34-39(29)43(54)50(42(34)53)36-18-19-37(51)46-41(36)52/h2-11,16-17,25-26,30-31,36H,12-15,18-24H2,1H3,(H,46,51,52). The van der Waals surface area contributed by atoms with Gasteiger partial charge in [0.05, 0.1) is 16.8 Å². The van der Waals surface area contributed by atoms with E-state index < -0.39 is 23.8 Å². The predicted molar refractivity (Wildman–Crippen MR) is 205 cm³/mol. The minimum atomic E-state index is -0.967. The zero-order chi connectivity index (χ0) is 37.6. The summed E-state index contributed by atoms with van der Waals surface area (Å²) < 4.78 is 8.43. The van der Waals surface area contributed by atoms with Crippen LogP contribution in [0.1, 0.15) is 76.5 Å². The lowest BCUT2D eigenvalue weighted by Crippen LogP contribution is -2.54. The molecule has 280 valence electrons. The van der Waals surface area contributed by atoms with Crippen LogP contribution in [0.25, 0.3) is 22.2 Å². The first kappa shape index (κ1) is 35.0. The van der Waals surface area contributed by atoms with E-state index in [0.717, 1.165) is 102 Å². The highest BCUT2D eigenvalue weighted by atomic mass is 16.5. The van der Waals surface area contributed by atoms with Crippen LogP contribution in [0.15, 0.2) is 85.3 Å². The molecule has 5 heterocycles. The minimum Gasteiger partial charge on any atom is -0.457 e. The molecule has 3 aromatic carbocycles. The third-order valence-corrected chi connectivity index (χ3v) is 11.9. The van der Waals surface area contributed by atoms with Crippen molar-refractivity contribution in [3.05, 3.63) is 108 Å². The molecular formula is C43H43N7O5. The Morgan fingerprint density at radius 2 is 1.47 bits per heavy atom. The van der Waals surface area contributed by atoms with E-state index in [1.54, 1.807) is 12.4 Å². The SMILES string of the molecule is Cc1ncnc2c1c(-c1ccc(Oc3ccccc3)cc1)cn2C1CCC(N2CCN(Cc3cccc4c3C(=O)N(C3CCC(=O)NC3=O)C4=O)CC2)CC1. The van der Waals surface area contributed by atoms with Crippen molar-refractivity contribution in [2.75, 3.05) is 26.2 Å². The van der Waals surface area contributed by atoms with Crippen LogP contribution in [0.2, 0.25) is 0 Å². The molecule has 5 aromatic rings. The van der Waals surface area contributed by atoms with Crippen molar-refractivity contribution in [1.82, 2.24) is 34.6 Å². The third-order valence-electron chi connectivity index (χ3n) is 11.9. The van der Waals surface area contributed by atoms with Gasteiger partial charge in [-0.3, -0.25) is 39.2 Å². The molecule has 1 saturated carbocycles. The average Bonchev–Trinajstić information content (AvgIpc) is 3.72. The van der Waals surface area contributed by atoms with Gasteiger partial charge in [0.2, 0.25) is 11.8 Å². The topological polar surface area (TPSA) is 130 Å². The van der Waals surface area contributed by atoms with Crippen LogP contribution in [0, 0.1) is 6.92 Å². The summed E-state index contributed by atoms with van der Waals surface area (Å²) in [5, 5.41) is 3.37. The summed E-state index contributed by atoms with van der Waals surface area (Å²) in [5.74, 6) is -0.291. The molecule has 1 atom stereocenters. The van der Waals surface area contributed by atoms with E-state index in [9.17, 15) is 19.2 Å². The number of hydrogen-bond acceptors (Lipinski definition) is 9. The monoisotopic (exact) mass is 737 g/mol. The molecule has 1 aliphatic carbocycles. The minimum absolute atomic E-state index is 0.100. The van der Waals surface area contributed by atoms with Crippen molar-refractivity contribution < 1.29 is 23.9 Å². The maximum absolute atomic E-state index is 13.6. The average molecular weight is 738 g/mol. The number of rotatable bonds is 8. The van der Waals surface area contributed by atoms with E-state index in [4.69, 9.17) is 9.72 Å². The van der Waals surface area contributed by atoms with Crippen molar-refractivity contribution in [3.8, 4) is 22.6 Å². The summed E-state index contributed by atoms with van der Waals surface area (Å²) in [6, 6.07) is 23.3. The Kier molecular flexibility index (Phi) is 9.23. The maximum atomic E-state index is 13.6. The van der Waals surface area contributed by atoms with Crippen molar-refractivity contribution in [1.29, 1.82) is 0 Å². The molecule has 3 fully saturated rings. The first-order valence-corrected chi connectivity index (χ1v) is 19.3. The number of ether oxygens (including phenoxy) is 1. The number of carbonyl (C=O) groups excluding carboxylic acids is 4. The van der Waals surface area contributed by atoms with Gasteiger partial charge < -0.3 is 9.30 Å². The molecule has 0 radical (unpaired) electrons. The molecule has 0 spiro atoms. The van der Waals surface area contributed by atoms with Gasteiger partial charge in [0.25, 0.3) is 11.8 Å². The molecule has 3 aliphatic heterocycles. The lowest BCUT2D eigenvalue weighted by molar-refractivity contribution is -0.136. The number of nitrogens with zero attached hydrogens (tertiary/aromatic N) is 6. The number of aryl methyl sites for hydroxylation is 1. The smallest absolute Gasteiger partial charge is 0.262 e. The summed E-state index contributed by atoms with van der Waals surface area (Å²) in [6.45, 7) is 6.21. The Bertz CT molecular complexity index is 2290. The van der Waals surface area contributed by atoms with Crippen LogP contribution in [0.4, 0.5) is 0 Å². The number of amides is 4. The normalized spacial score (nSPS) is 22.3. The van der Waals surface area contributed by atoms with Crippen LogP contribution in [-0.4, -0.2) is 91.1 Å². The Balaban J connectivity index is 0.831. The third kappa shape index (κ3) is 6.59. The molecular weight excluding hydrogens is 695 g/mol. The maximum Gasteiger partial charge on any atom is 0.262 e. The van der Waals surface area contributed by atoms with Crippen LogP contribution in [0.3, 0.4) is 0 Å². The summed E-state index contributed by atoms with van der Waals surface area (Å²) in [6.07, 6.45) is 8.53. The first-order chi connectivity index (χ1) is 26.8. The molecule has 2 saturated heterocycles. The number of benzene rings is 3. The highest BCUT2D eigenvalue weighted by molar-refractivity contribution is 6.24. The molecule has 4 aliphatic rings. The van der Waals surface area contributed by atoms with Crippen molar-refractivity contribution in [2.45, 2.75) is 70.1 Å². The summed E-state index contributed by atoms with van der Waals surface area (Å²) in [7, 11) is 0. The molecule has 1 unspecified atom stereocenters. The van der Waals surface area contributed by atoms with E-state index in [1.165, 1.54) is 0 Å². The van der Waals surface area contributed by atoms with E-state index >= 15 is 0 Å². The van der Waals surface area contributed by atoms with Crippen molar-refractivity contribution in [3.63, 3.8) is 0 Å². The Labute approximate surface area is 319 Å². The number of piperazine rings is 1. The van der Waals surface area contributed by atoms with Gasteiger partial charge in [0.15, 0.2) is 0 Å². The molecule has 12 heteroatoms. The van der Waals surface area contributed by atoms with Crippen LogP contribution in [0.5, 0.6) is 11.5 Å². The van der Waals surface area contributed by atoms with Gasteiger partial charge in [-0.05, 0) is 80.5 Å². The number of carbonyl (C=O) groups is 4. The van der Waals surface area contributed by atoms with Gasteiger partial charge in [-0.2, -0.15) is 0 Å². The summed E-state index contributed by atoms with van der Waals surface area (Å²) in [4.78, 5) is 66.6. The zero-order valence-electron chi connectivity index (χ0n) is 30.8. The fourth-order valence-corrected chi connectivity index (χ4v) is 9.01. The summed E-state index contributed by atoms with van der Waals surface area (Å²) in [5.41, 5.74) is 5.71. The van der Waals surface area contributed by atoms with Gasteiger partial charge >= 0.3 is 0 Å². The number of piperidine rings is 1. The highest BCUT2D eigenvalue weighted by Gasteiger charge is 2.45. The number of hydrogen-bond donors (Lipinski definition) is 1. The van der Waals surface area contributed by atoms with E-state index in [-0.39, 0.29) is 18.7 Å². The quantitative estimate of drug-likeness (QED) is 0.194. The molecule has 55 heavy (non-hydrogen) atoms. The summed E-state index contributed by atoms with van der Waals surface area (Å²) >= 11 is 0. The van der Waals surface area contributed by atoms with Gasteiger partial charge in [-0.1, -0.05) is 42.5 Å². The Morgan fingerprint density at radius 3 is 2.22 bits per heavy atom. The molecule has 2 aromatic heterocycles. The van der Waals surface area contributed by atoms with E-state index in [1.807, 2.05) is 54.6 Å². The largest absolute Gasteiger partial charge is 0.457 e. The molecule has 12 nitrogen and oxygen atoms in total. The molecule has 9 rings (SSSR count).